The summed E-state index contributed by atoms with van der Waals surface area (Å²) < 4.78 is 16.8. The highest BCUT2D eigenvalue weighted by molar-refractivity contribution is 5.94. The van der Waals surface area contributed by atoms with Crippen LogP contribution in [0.4, 0.5) is 0 Å². The Labute approximate surface area is 175 Å². The van der Waals surface area contributed by atoms with Crippen molar-refractivity contribution in [1.82, 2.24) is 20.0 Å². The Morgan fingerprint density at radius 2 is 2.10 bits per heavy atom. The van der Waals surface area contributed by atoms with E-state index in [4.69, 9.17) is 14.0 Å². The number of amides is 1. The molecule has 30 heavy (non-hydrogen) atoms. The van der Waals surface area contributed by atoms with Crippen LogP contribution in [0.3, 0.4) is 0 Å². The van der Waals surface area contributed by atoms with Gasteiger partial charge in [-0.1, -0.05) is 5.16 Å². The molecule has 1 amide bonds. The molecule has 1 atom stereocenters. The van der Waals surface area contributed by atoms with Gasteiger partial charge in [0, 0.05) is 44.3 Å². The van der Waals surface area contributed by atoms with Crippen LogP contribution in [0.25, 0.3) is 0 Å². The van der Waals surface area contributed by atoms with E-state index in [-0.39, 0.29) is 11.5 Å². The maximum Gasteiger partial charge on any atom is 0.255 e. The lowest BCUT2D eigenvalue weighted by Crippen LogP contribution is -2.51. The van der Waals surface area contributed by atoms with Gasteiger partial charge in [0.15, 0.2) is 5.82 Å². The average Bonchev–Trinajstić information content (AvgIpc) is 3.53. The van der Waals surface area contributed by atoms with Gasteiger partial charge in [0.25, 0.3) is 5.91 Å². The second kappa shape index (κ2) is 7.98. The Morgan fingerprint density at radius 3 is 2.80 bits per heavy atom. The molecule has 4 heterocycles. The van der Waals surface area contributed by atoms with Gasteiger partial charge in [-0.25, -0.2) is 4.98 Å². The molecule has 8 nitrogen and oxygen atoms in total. The number of methoxy groups -OCH3 is 1. The number of carbonyl (C=O) groups excluding carboxylic acids is 1. The number of carbonyl (C=O) groups is 1. The van der Waals surface area contributed by atoms with Crippen LogP contribution in [0.5, 0.6) is 5.88 Å². The van der Waals surface area contributed by atoms with Crippen molar-refractivity contribution in [2.24, 2.45) is 5.92 Å². The number of aromatic nitrogens is 3. The number of hydrogen-bond acceptors (Lipinski definition) is 7. The van der Waals surface area contributed by atoms with Gasteiger partial charge >= 0.3 is 0 Å². The number of pyridine rings is 1. The smallest absolute Gasteiger partial charge is 0.255 e. The number of ether oxygens (including phenoxy) is 2. The van der Waals surface area contributed by atoms with Crippen LogP contribution in [-0.4, -0.2) is 58.3 Å². The summed E-state index contributed by atoms with van der Waals surface area (Å²) in [4.78, 5) is 23.5. The van der Waals surface area contributed by atoms with E-state index in [9.17, 15) is 4.79 Å². The van der Waals surface area contributed by atoms with Crippen LogP contribution >= 0.6 is 0 Å². The SMILES string of the molecule is COc1ccc(C(=O)N2CCC3(CC2)CC(Cc2nc(C4CC4)no2)CCO3)cn1. The predicted octanol–water partition coefficient (Wildman–Crippen LogP) is 2.99. The first-order valence-corrected chi connectivity index (χ1v) is 10.9. The van der Waals surface area contributed by atoms with E-state index in [2.05, 4.69) is 15.1 Å². The molecule has 0 bridgehead atoms. The molecule has 2 aromatic heterocycles. The first-order chi connectivity index (χ1) is 14.6. The molecular weight excluding hydrogens is 384 g/mol. The van der Waals surface area contributed by atoms with Crippen molar-refractivity contribution in [3.63, 3.8) is 0 Å². The Kier molecular flexibility index (Phi) is 5.18. The molecule has 1 spiro atoms. The molecular formula is C22H28N4O4. The first kappa shape index (κ1) is 19.5. The fourth-order valence-corrected chi connectivity index (χ4v) is 4.68. The van der Waals surface area contributed by atoms with Gasteiger partial charge in [-0.15, -0.1) is 0 Å². The van der Waals surface area contributed by atoms with E-state index in [1.165, 1.54) is 12.8 Å². The molecule has 0 radical (unpaired) electrons. The first-order valence-electron chi connectivity index (χ1n) is 10.9. The molecule has 3 aliphatic rings. The lowest BCUT2D eigenvalue weighted by molar-refractivity contribution is -0.124. The van der Waals surface area contributed by atoms with E-state index in [0.717, 1.165) is 50.4 Å². The van der Waals surface area contributed by atoms with Crippen LogP contribution < -0.4 is 4.74 Å². The number of rotatable bonds is 5. The minimum atomic E-state index is -0.142. The summed E-state index contributed by atoms with van der Waals surface area (Å²) >= 11 is 0. The number of likely N-dealkylation sites (tertiary alicyclic amines) is 1. The quantitative estimate of drug-likeness (QED) is 0.746. The van der Waals surface area contributed by atoms with Gasteiger partial charge in [-0.05, 0) is 50.5 Å². The lowest BCUT2D eigenvalue weighted by Gasteiger charge is -2.46. The van der Waals surface area contributed by atoms with E-state index in [1.807, 2.05) is 4.90 Å². The topological polar surface area (TPSA) is 90.6 Å². The van der Waals surface area contributed by atoms with Crippen molar-refractivity contribution >= 4 is 5.91 Å². The van der Waals surface area contributed by atoms with E-state index in [0.29, 0.717) is 36.4 Å². The minimum absolute atomic E-state index is 0.0193. The van der Waals surface area contributed by atoms with Crippen molar-refractivity contribution in [2.75, 3.05) is 26.8 Å². The molecule has 8 heteroatoms. The number of hydrogen-bond donors (Lipinski definition) is 0. The molecule has 3 fully saturated rings. The largest absolute Gasteiger partial charge is 0.481 e. The van der Waals surface area contributed by atoms with Gasteiger partial charge < -0.3 is 18.9 Å². The summed E-state index contributed by atoms with van der Waals surface area (Å²) in [6.45, 7) is 2.15. The Hall–Kier alpha value is -2.48. The standard InChI is InChI=1S/C22H28N4O4/c1-28-18-5-4-17(14-23-18)21(27)26-9-7-22(8-10-26)13-15(6-11-29-22)12-19-24-20(25-30-19)16-2-3-16/h4-5,14-16H,2-3,6-13H2,1H3. The Balaban J connectivity index is 1.17. The van der Waals surface area contributed by atoms with E-state index >= 15 is 0 Å². The Bertz CT molecular complexity index is 885. The molecule has 5 rings (SSSR count). The third-order valence-electron chi connectivity index (χ3n) is 6.64. The van der Waals surface area contributed by atoms with Crippen molar-refractivity contribution in [2.45, 2.75) is 56.5 Å². The molecule has 0 aromatic carbocycles. The molecule has 1 saturated carbocycles. The summed E-state index contributed by atoms with van der Waals surface area (Å²) in [7, 11) is 1.57. The molecule has 1 unspecified atom stereocenters. The summed E-state index contributed by atoms with van der Waals surface area (Å²) in [5.74, 6) is 3.18. The zero-order valence-electron chi connectivity index (χ0n) is 17.4. The molecule has 2 saturated heterocycles. The van der Waals surface area contributed by atoms with Crippen molar-refractivity contribution in [3.8, 4) is 5.88 Å². The summed E-state index contributed by atoms with van der Waals surface area (Å²) in [5, 5.41) is 4.14. The molecule has 0 N–H and O–H groups in total. The van der Waals surface area contributed by atoms with Gasteiger partial charge in [0.1, 0.15) is 0 Å². The molecule has 160 valence electrons. The molecule has 2 aromatic rings. The van der Waals surface area contributed by atoms with Crippen molar-refractivity contribution in [1.29, 1.82) is 0 Å². The van der Waals surface area contributed by atoms with E-state index < -0.39 is 0 Å². The summed E-state index contributed by atoms with van der Waals surface area (Å²) in [6.07, 6.45) is 8.49. The van der Waals surface area contributed by atoms with Gasteiger partial charge in [0.2, 0.25) is 11.8 Å². The third kappa shape index (κ3) is 4.05. The van der Waals surface area contributed by atoms with Crippen LogP contribution in [0, 0.1) is 5.92 Å². The fraction of sp³-hybridized carbons (Fsp3) is 0.636. The lowest BCUT2D eigenvalue weighted by atomic mass is 9.78. The third-order valence-corrected chi connectivity index (χ3v) is 6.64. The second-order valence-corrected chi connectivity index (χ2v) is 8.80. The van der Waals surface area contributed by atoms with Gasteiger partial charge in [-0.3, -0.25) is 4.79 Å². The van der Waals surface area contributed by atoms with Crippen molar-refractivity contribution in [3.05, 3.63) is 35.6 Å². The summed E-state index contributed by atoms with van der Waals surface area (Å²) in [5.41, 5.74) is 0.453. The highest BCUT2D eigenvalue weighted by Crippen LogP contribution is 2.40. The van der Waals surface area contributed by atoms with E-state index in [1.54, 1.807) is 25.4 Å². The highest BCUT2D eigenvalue weighted by Gasteiger charge is 2.41. The monoisotopic (exact) mass is 412 g/mol. The predicted molar refractivity (Wildman–Crippen MR) is 107 cm³/mol. The maximum atomic E-state index is 12.8. The van der Waals surface area contributed by atoms with Gasteiger partial charge in [-0.2, -0.15) is 4.98 Å². The maximum absolute atomic E-state index is 12.8. The van der Waals surface area contributed by atoms with Gasteiger partial charge in [0.05, 0.1) is 18.3 Å². The zero-order chi connectivity index (χ0) is 20.6. The summed E-state index contributed by atoms with van der Waals surface area (Å²) in [6, 6.07) is 3.49. The molecule has 2 aliphatic heterocycles. The zero-order valence-corrected chi connectivity index (χ0v) is 17.4. The normalized spacial score (nSPS) is 23.5. The van der Waals surface area contributed by atoms with Crippen LogP contribution in [0.2, 0.25) is 0 Å². The highest BCUT2D eigenvalue weighted by atomic mass is 16.5. The van der Waals surface area contributed by atoms with Crippen LogP contribution in [0.1, 0.15) is 66.5 Å². The van der Waals surface area contributed by atoms with Crippen LogP contribution in [-0.2, 0) is 11.2 Å². The number of piperidine rings is 1. The molecule has 1 aliphatic carbocycles. The van der Waals surface area contributed by atoms with Crippen LogP contribution in [0.15, 0.2) is 22.9 Å². The minimum Gasteiger partial charge on any atom is -0.481 e. The average molecular weight is 412 g/mol. The number of nitrogens with zero attached hydrogens (tertiary/aromatic N) is 4. The van der Waals surface area contributed by atoms with Crippen molar-refractivity contribution < 1.29 is 18.8 Å². The fourth-order valence-electron chi connectivity index (χ4n) is 4.68. The Morgan fingerprint density at radius 1 is 1.27 bits per heavy atom. The second-order valence-electron chi connectivity index (χ2n) is 8.80.